The molecule has 3 N–H and O–H groups in total. The van der Waals surface area contributed by atoms with E-state index in [1.807, 2.05) is 25.1 Å². The summed E-state index contributed by atoms with van der Waals surface area (Å²) in [6, 6.07) is 7.24. The van der Waals surface area contributed by atoms with E-state index in [1.54, 1.807) is 5.38 Å². The van der Waals surface area contributed by atoms with Crippen LogP contribution in [0.2, 0.25) is 0 Å². The van der Waals surface area contributed by atoms with Gasteiger partial charge in [-0.2, -0.15) is 0 Å². The molecule has 8 heteroatoms. The minimum atomic E-state index is -3.61. The van der Waals surface area contributed by atoms with Crippen LogP contribution in [0.25, 0.3) is 10.2 Å². The Balaban J connectivity index is 1.96. The number of aromatic nitrogens is 1. The van der Waals surface area contributed by atoms with E-state index in [0.717, 1.165) is 27.1 Å². The fraction of sp³-hybridized carbons (Fsp3) is 0.0833. The number of nitrogens with zero attached hydrogens (tertiary/aromatic N) is 1. The average molecular weight is 325 g/mol. The monoisotopic (exact) mass is 325 g/mol. The van der Waals surface area contributed by atoms with Crippen molar-refractivity contribution in [2.75, 3.05) is 10.5 Å². The molecule has 20 heavy (non-hydrogen) atoms. The summed E-state index contributed by atoms with van der Waals surface area (Å²) in [6.07, 6.45) is 0. The van der Waals surface area contributed by atoms with Crippen molar-refractivity contribution >= 4 is 53.7 Å². The van der Waals surface area contributed by atoms with E-state index in [-0.39, 0.29) is 4.21 Å². The number of nitrogens with one attached hydrogen (secondary N) is 1. The number of anilines is 2. The van der Waals surface area contributed by atoms with E-state index in [2.05, 4.69) is 9.71 Å². The molecule has 104 valence electrons. The Kier molecular flexibility index (Phi) is 3.15. The van der Waals surface area contributed by atoms with Crippen molar-refractivity contribution in [3.63, 3.8) is 0 Å². The molecule has 0 spiro atoms. The molecule has 0 unspecified atom stereocenters. The van der Waals surface area contributed by atoms with Crippen molar-refractivity contribution in [1.29, 1.82) is 0 Å². The highest BCUT2D eigenvalue weighted by Gasteiger charge is 2.18. The maximum Gasteiger partial charge on any atom is 0.273 e. The topological polar surface area (TPSA) is 85.1 Å². The minimum Gasteiger partial charge on any atom is -0.398 e. The van der Waals surface area contributed by atoms with Crippen LogP contribution in [-0.4, -0.2) is 13.4 Å². The van der Waals surface area contributed by atoms with Gasteiger partial charge in [0.1, 0.15) is 4.21 Å². The van der Waals surface area contributed by atoms with Gasteiger partial charge in [-0.05, 0) is 30.7 Å². The molecule has 3 rings (SSSR count). The molecule has 0 bridgehead atoms. The van der Waals surface area contributed by atoms with Gasteiger partial charge in [-0.1, -0.05) is 17.4 Å². The first kappa shape index (κ1) is 13.3. The van der Waals surface area contributed by atoms with E-state index in [9.17, 15) is 8.42 Å². The summed E-state index contributed by atoms with van der Waals surface area (Å²) >= 11 is 2.40. The highest BCUT2D eigenvalue weighted by atomic mass is 32.2. The molecular weight excluding hydrogens is 314 g/mol. The van der Waals surface area contributed by atoms with Crippen LogP contribution in [0.3, 0.4) is 0 Å². The summed E-state index contributed by atoms with van der Waals surface area (Å²) in [5.74, 6) is 0. The van der Waals surface area contributed by atoms with E-state index in [4.69, 9.17) is 5.73 Å². The Morgan fingerprint density at radius 1 is 1.30 bits per heavy atom. The van der Waals surface area contributed by atoms with Crippen molar-refractivity contribution in [2.24, 2.45) is 0 Å². The molecule has 5 nitrogen and oxygen atoms in total. The lowest BCUT2D eigenvalue weighted by Gasteiger charge is -2.00. The van der Waals surface area contributed by atoms with Gasteiger partial charge in [0.25, 0.3) is 10.0 Å². The number of nitrogens with two attached hydrogens (primary N) is 1. The lowest BCUT2D eigenvalue weighted by atomic mass is 10.2. The lowest BCUT2D eigenvalue weighted by molar-refractivity contribution is 0.603. The molecule has 1 aromatic carbocycles. The smallest absolute Gasteiger partial charge is 0.273 e. The fourth-order valence-corrected chi connectivity index (χ4v) is 4.99. The van der Waals surface area contributed by atoms with Gasteiger partial charge in [-0.25, -0.2) is 13.4 Å². The van der Waals surface area contributed by atoms with Crippen LogP contribution in [0.4, 0.5) is 10.8 Å². The third-order valence-corrected chi connectivity index (χ3v) is 6.49. The Hall–Kier alpha value is -1.64. The first-order chi connectivity index (χ1) is 9.44. The van der Waals surface area contributed by atoms with E-state index in [0.29, 0.717) is 10.8 Å². The lowest BCUT2D eigenvalue weighted by Crippen LogP contribution is -2.11. The summed E-state index contributed by atoms with van der Waals surface area (Å²) < 4.78 is 28.0. The zero-order valence-corrected chi connectivity index (χ0v) is 12.9. The molecule has 2 aromatic heterocycles. The number of aryl methyl sites for hydroxylation is 1. The highest BCUT2D eigenvalue weighted by Crippen LogP contribution is 2.30. The molecule has 0 saturated heterocycles. The molecular formula is C12H11N3O2S3. The molecule has 0 aliphatic heterocycles. The molecule has 0 saturated carbocycles. The summed E-state index contributed by atoms with van der Waals surface area (Å²) in [7, 11) is -3.61. The van der Waals surface area contributed by atoms with Crippen LogP contribution in [0.5, 0.6) is 0 Å². The van der Waals surface area contributed by atoms with Crippen LogP contribution in [0, 0.1) is 6.92 Å². The van der Waals surface area contributed by atoms with Gasteiger partial charge in [-0.15, -0.1) is 11.3 Å². The summed E-state index contributed by atoms with van der Waals surface area (Å²) in [5.41, 5.74) is 7.89. The summed E-state index contributed by atoms with van der Waals surface area (Å²) in [6.45, 7) is 1.98. The Labute approximate surface area is 124 Å². The number of thiazole rings is 1. The summed E-state index contributed by atoms with van der Waals surface area (Å²) in [4.78, 5) is 4.27. The van der Waals surface area contributed by atoms with Gasteiger partial charge in [0, 0.05) is 11.1 Å². The summed E-state index contributed by atoms with van der Waals surface area (Å²) in [5, 5.41) is 1.95. The molecule has 0 aliphatic carbocycles. The number of fused-ring (bicyclic) bond motifs is 1. The highest BCUT2D eigenvalue weighted by molar-refractivity contribution is 7.94. The minimum absolute atomic E-state index is 0.186. The first-order valence-corrected chi connectivity index (χ1v) is 8.86. The van der Waals surface area contributed by atoms with Crippen LogP contribution >= 0.6 is 22.7 Å². The van der Waals surface area contributed by atoms with Crippen molar-refractivity contribution in [3.8, 4) is 0 Å². The fourth-order valence-electron chi connectivity index (χ4n) is 1.71. The molecule has 3 aromatic rings. The number of hydrogen-bond donors (Lipinski definition) is 2. The molecule has 0 fully saturated rings. The number of rotatable bonds is 3. The second kappa shape index (κ2) is 4.72. The predicted octanol–water partition coefficient (Wildman–Crippen LogP) is 3.05. The van der Waals surface area contributed by atoms with Gasteiger partial charge in [0.15, 0.2) is 5.13 Å². The number of thiophene rings is 1. The third-order valence-electron chi connectivity index (χ3n) is 2.63. The Morgan fingerprint density at radius 2 is 2.10 bits per heavy atom. The number of hydrogen-bond acceptors (Lipinski definition) is 6. The van der Waals surface area contributed by atoms with Crippen molar-refractivity contribution in [2.45, 2.75) is 11.1 Å². The molecule has 0 amide bonds. The SMILES string of the molecule is Cc1ccc2nc(NS(=O)(=O)c3cc(N)cs3)sc2c1. The molecule has 0 atom stereocenters. The van der Waals surface area contributed by atoms with Crippen LogP contribution in [0.15, 0.2) is 33.9 Å². The van der Waals surface area contributed by atoms with E-state index < -0.39 is 10.0 Å². The molecule has 2 heterocycles. The predicted molar refractivity (Wildman–Crippen MR) is 83.9 cm³/mol. The third kappa shape index (κ3) is 2.49. The van der Waals surface area contributed by atoms with Crippen LogP contribution in [0.1, 0.15) is 5.56 Å². The maximum absolute atomic E-state index is 12.2. The van der Waals surface area contributed by atoms with Gasteiger partial charge in [0.2, 0.25) is 0 Å². The largest absolute Gasteiger partial charge is 0.398 e. The van der Waals surface area contributed by atoms with Crippen LogP contribution < -0.4 is 10.5 Å². The first-order valence-electron chi connectivity index (χ1n) is 5.68. The van der Waals surface area contributed by atoms with Gasteiger partial charge < -0.3 is 5.73 Å². The number of benzene rings is 1. The zero-order chi connectivity index (χ0) is 14.3. The number of nitrogen functional groups attached to an aromatic ring is 1. The van der Waals surface area contributed by atoms with Crippen molar-refractivity contribution < 1.29 is 8.42 Å². The normalized spacial score (nSPS) is 11.8. The van der Waals surface area contributed by atoms with Crippen molar-refractivity contribution in [3.05, 3.63) is 35.2 Å². The zero-order valence-electron chi connectivity index (χ0n) is 10.5. The second-order valence-electron chi connectivity index (χ2n) is 4.29. The van der Waals surface area contributed by atoms with Gasteiger partial charge in [0.05, 0.1) is 10.2 Å². The molecule has 0 radical (unpaired) electrons. The van der Waals surface area contributed by atoms with E-state index >= 15 is 0 Å². The van der Waals surface area contributed by atoms with E-state index in [1.165, 1.54) is 17.4 Å². The van der Waals surface area contributed by atoms with Crippen molar-refractivity contribution in [1.82, 2.24) is 4.98 Å². The standard InChI is InChI=1S/C12H11N3O2S3/c1-7-2-3-9-10(4-7)19-12(14-9)15-20(16,17)11-5-8(13)6-18-11/h2-6H,13H2,1H3,(H,14,15). The quantitative estimate of drug-likeness (QED) is 0.775. The Morgan fingerprint density at radius 3 is 2.80 bits per heavy atom. The van der Waals surface area contributed by atoms with Gasteiger partial charge in [-0.3, -0.25) is 4.72 Å². The van der Waals surface area contributed by atoms with Gasteiger partial charge >= 0.3 is 0 Å². The molecule has 0 aliphatic rings. The Bertz CT molecular complexity index is 880. The number of sulfonamides is 1. The average Bonchev–Trinajstić information content (AvgIpc) is 2.94. The van der Waals surface area contributed by atoms with Crippen LogP contribution in [-0.2, 0) is 10.0 Å². The second-order valence-corrected chi connectivity index (χ2v) is 8.15. The maximum atomic E-state index is 12.2.